The van der Waals surface area contributed by atoms with Crippen LogP contribution in [0, 0.1) is 0 Å². The number of hydrogen-bond donors (Lipinski definition) is 1. The fourth-order valence-corrected chi connectivity index (χ4v) is 2.92. The number of nitrogens with two attached hydrogens (primary N) is 1. The van der Waals surface area contributed by atoms with Gasteiger partial charge in [-0.1, -0.05) is 37.0 Å². The lowest BCUT2D eigenvalue weighted by molar-refractivity contribution is -0.127. The Morgan fingerprint density at radius 1 is 1.46 bits per heavy atom. The molecule has 4 nitrogen and oxygen atoms in total. The molecular formula is C20H26N2O2. The number of amides is 1. The van der Waals surface area contributed by atoms with Crippen molar-refractivity contribution in [1.29, 1.82) is 0 Å². The molecule has 128 valence electrons. The highest BCUT2D eigenvalue weighted by atomic mass is 16.6. The first kappa shape index (κ1) is 18.0. The van der Waals surface area contributed by atoms with Crippen molar-refractivity contribution in [2.75, 3.05) is 6.54 Å². The van der Waals surface area contributed by atoms with E-state index in [9.17, 15) is 4.79 Å². The fourth-order valence-electron chi connectivity index (χ4n) is 2.92. The molecule has 2 aliphatic rings. The van der Waals surface area contributed by atoms with Gasteiger partial charge in [0.25, 0.3) is 0 Å². The Labute approximate surface area is 144 Å². The van der Waals surface area contributed by atoms with Crippen LogP contribution in [-0.4, -0.2) is 23.4 Å². The van der Waals surface area contributed by atoms with Crippen LogP contribution in [0.4, 0.5) is 0 Å². The van der Waals surface area contributed by atoms with Gasteiger partial charge in [-0.3, -0.25) is 4.79 Å². The largest absolute Gasteiger partial charge is 0.412 e. The van der Waals surface area contributed by atoms with E-state index in [0.29, 0.717) is 18.2 Å². The minimum Gasteiger partial charge on any atom is -0.412 e. The lowest BCUT2D eigenvalue weighted by Gasteiger charge is -2.22. The van der Waals surface area contributed by atoms with E-state index in [0.717, 1.165) is 36.1 Å². The van der Waals surface area contributed by atoms with Gasteiger partial charge in [0.1, 0.15) is 5.76 Å². The molecule has 1 aliphatic heterocycles. The van der Waals surface area contributed by atoms with E-state index in [1.54, 1.807) is 12.2 Å². The summed E-state index contributed by atoms with van der Waals surface area (Å²) in [6.45, 7) is 8.89. The Kier molecular flexibility index (Phi) is 6.38. The third kappa shape index (κ3) is 4.36. The van der Waals surface area contributed by atoms with Crippen molar-refractivity contribution < 1.29 is 9.63 Å². The number of allylic oxidation sites excluding steroid dienone is 9. The van der Waals surface area contributed by atoms with Crippen LogP contribution in [-0.2, 0) is 9.63 Å². The number of nitrogens with zero attached hydrogens (tertiary/aromatic N) is 1. The van der Waals surface area contributed by atoms with E-state index in [1.807, 2.05) is 42.2 Å². The maximum absolute atomic E-state index is 12.7. The molecule has 2 rings (SSSR count). The van der Waals surface area contributed by atoms with Gasteiger partial charge in [0.15, 0.2) is 0 Å². The molecule has 1 heterocycles. The molecule has 0 bridgehead atoms. The summed E-state index contributed by atoms with van der Waals surface area (Å²) in [6, 6.07) is 0.336. The van der Waals surface area contributed by atoms with Gasteiger partial charge in [0.05, 0.1) is 0 Å². The minimum atomic E-state index is 0.149. The molecular weight excluding hydrogens is 300 g/mol. The molecule has 0 spiro atoms. The second-order valence-corrected chi connectivity index (χ2v) is 6.07. The Hall–Kier alpha value is -2.33. The molecule has 0 aromatic rings. The van der Waals surface area contributed by atoms with Gasteiger partial charge in [-0.2, -0.15) is 5.90 Å². The molecule has 1 saturated heterocycles. The minimum absolute atomic E-state index is 0.149. The van der Waals surface area contributed by atoms with Crippen molar-refractivity contribution >= 4 is 5.91 Å². The highest BCUT2D eigenvalue weighted by molar-refractivity contribution is 5.94. The number of carbonyl (C=O) groups is 1. The lowest BCUT2D eigenvalue weighted by atomic mass is 10.0. The van der Waals surface area contributed by atoms with Crippen LogP contribution in [0.3, 0.4) is 0 Å². The summed E-state index contributed by atoms with van der Waals surface area (Å²) in [5, 5.41) is 0. The molecule has 0 aromatic heterocycles. The van der Waals surface area contributed by atoms with E-state index in [1.165, 1.54) is 0 Å². The first-order valence-corrected chi connectivity index (χ1v) is 8.35. The van der Waals surface area contributed by atoms with Crippen LogP contribution in [0.2, 0.25) is 0 Å². The van der Waals surface area contributed by atoms with Gasteiger partial charge < -0.3 is 9.74 Å². The third-order valence-electron chi connectivity index (χ3n) is 4.44. The number of carbonyl (C=O) groups excluding carboxylic acids is 1. The summed E-state index contributed by atoms with van der Waals surface area (Å²) in [6.07, 6.45) is 16.0. The van der Waals surface area contributed by atoms with Gasteiger partial charge in [-0.15, -0.1) is 0 Å². The molecule has 0 radical (unpaired) electrons. The molecule has 1 atom stereocenters. The van der Waals surface area contributed by atoms with E-state index in [-0.39, 0.29) is 5.91 Å². The topological polar surface area (TPSA) is 55.6 Å². The first-order valence-electron chi connectivity index (χ1n) is 8.35. The van der Waals surface area contributed by atoms with Crippen LogP contribution in [0.15, 0.2) is 71.6 Å². The van der Waals surface area contributed by atoms with Crippen molar-refractivity contribution in [3.8, 4) is 0 Å². The zero-order valence-electron chi connectivity index (χ0n) is 14.5. The van der Waals surface area contributed by atoms with Gasteiger partial charge in [-0.25, -0.2) is 0 Å². The average molecular weight is 326 g/mol. The normalized spacial score (nSPS) is 21.5. The Morgan fingerprint density at radius 3 is 2.88 bits per heavy atom. The molecule has 1 unspecified atom stereocenters. The summed E-state index contributed by atoms with van der Waals surface area (Å²) in [7, 11) is 0. The number of likely N-dealkylation sites (tertiary alicyclic amines) is 1. The Morgan fingerprint density at radius 2 is 2.25 bits per heavy atom. The molecule has 24 heavy (non-hydrogen) atoms. The maximum Gasteiger partial charge on any atom is 0.250 e. The zero-order chi connectivity index (χ0) is 17.5. The first-order chi connectivity index (χ1) is 11.6. The van der Waals surface area contributed by atoms with Crippen LogP contribution in [0.1, 0.15) is 33.1 Å². The van der Waals surface area contributed by atoms with Gasteiger partial charge in [0.2, 0.25) is 5.91 Å². The molecule has 1 amide bonds. The van der Waals surface area contributed by atoms with Crippen molar-refractivity contribution in [1.82, 2.24) is 4.90 Å². The van der Waals surface area contributed by atoms with Gasteiger partial charge >= 0.3 is 0 Å². The summed E-state index contributed by atoms with van der Waals surface area (Å²) < 4.78 is 0. The smallest absolute Gasteiger partial charge is 0.250 e. The van der Waals surface area contributed by atoms with Crippen LogP contribution >= 0.6 is 0 Å². The van der Waals surface area contributed by atoms with E-state index < -0.39 is 0 Å². The average Bonchev–Trinajstić information content (AvgIpc) is 2.86. The van der Waals surface area contributed by atoms with E-state index in [2.05, 4.69) is 13.5 Å². The standard InChI is InChI=1S/C20H26N2O2/c1-4-19(24-21)13-10-15(2)17-8-5-9-18(12-11-17)20(23)22-14-6-7-16(22)3/h4-5,8-11,13,16H,2,6-7,12,14,21H2,1,3H3/b13-10-,19-4+. The summed E-state index contributed by atoms with van der Waals surface area (Å²) in [5.74, 6) is 5.89. The van der Waals surface area contributed by atoms with Crippen molar-refractivity contribution in [2.24, 2.45) is 5.90 Å². The number of hydrogen-bond acceptors (Lipinski definition) is 3. The molecule has 1 aliphatic carbocycles. The van der Waals surface area contributed by atoms with Crippen molar-refractivity contribution in [3.63, 3.8) is 0 Å². The second kappa shape index (κ2) is 8.50. The predicted octanol–water partition coefficient (Wildman–Crippen LogP) is 3.72. The lowest BCUT2D eigenvalue weighted by Crippen LogP contribution is -2.34. The predicted molar refractivity (Wildman–Crippen MR) is 97.6 cm³/mol. The Balaban J connectivity index is 2.04. The van der Waals surface area contributed by atoms with Crippen LogP contribution in [0.25, 0.3) is 0 Å². The summed E-state index contributed by atoms with van der Waals surface area (Å²) >= 11 is 0. The number of rotatable bonds is 5. The SMILES string of the molecule is C=C(/C=C\C(=C/C)ON)C1=CCC(C(=O)N2CCCC2C)=CC=C1. The molecule has 2 N–H and O–H groups in total. The fraction of sp³-hybridized carbons (Fsp3) is 0.350. The van der Waals surface area contributed by atoms with E-state index >= 15 is 0 Å². The second-order valence-electron chi connectivity index (χ2n) is 6.07. The van der Waals surface area contributed by atoms with Crippen molar-refractivity contribution in [2.45, 2.75) is 39.2 Å². The van der Waals surface area contributed by atoms with Crippen LogP contribution < -0.4 is 5.90 Å². The quantitative estimate of drug-likeness (QED) is 0.476. The summed E-state index contributed by atoms with van der Waals surface area (Å²) in [4.78, 5) is 19.3. The highest BCUT2D eigenvalue weighted by Crippen LogP contribution is 2.23. The van der Waals surface area contributed by atoms with Crippen molar-refractivity contribution in [3.05, 3.63) is 71.6 Å². The zero-order valence-corrected chi connectivity index (χ0v) is 14.5. The van der Waals surface area contributed by atoms with Gasteiger partial charge in [0, 0.05) is 18.2 Å². The summed E-state index contributed by atoms with van der Waals surface area (Å²) in [5.41, 5.74) is 2.66. The third-order valence-corrected chi connectivity index (χ3v) is 4.44. The molecule has 0 saturated carbocycles. The monoisotopic (exact) mass is 326 g/mol. The maximum atomic E-state index is 12.7. The van der Waals surface area contributed by atoms with Crippen LogP contribution in [0.5, 0.6) is 0 Å². The molecule has 0 aromatic carbocycles. The highest BCUT2D eigenvalue weighted by Gasteiger charge is 2.26. The van der Waals surface area contributed by atoms with E-state index in [4.69, 9.17) is 10.7 Å². The van der Waals surface area contributed by atoms with Gasteiger partial charge in [-0.05, 0) is 56.4 Å². The molecule has 1 fully saturated rings. The Bertz CT molecular complexity index is 651. The molecule has 4 heteroatoms.